The molecular weight excluding hydrogens is 306 g/mol. The average Bonchev–Trinajstić information content (AvgIpc) is 3.25. The number of carbonyl (C=O) groups excluding carboxylic acids is 1. The second-order valence-corrected chi connectivity index (χ2v) is 6.17. The molecule has 0 unspecified atom stereocenters. The first-order valence-electron chi connectivity index (χ1n) is 7.73. The van der Waals surface area contributed by atoms with Crippen molar-refractivity contribution in [3.63, 3.8) is 0 Å². The third-order valence-electron chi connectivity index (χ3n) is 3.64. The van der Waals surface area contributed by atoms with E-state index in [1.807, 2.05) is 47.2 Å². The van der Waals surface area contributed by atoms with Gasteiger partial charge in [-0.25, -0.2) is 0 Å². The number of furan rings is 1. The molecule has 3 rings (SSSR count). The van der Waals surface area contributed by atoms with E-state index in [9.17, 15) is 4.79 Å². The van der Waals surface area contributed by atoms with Crippen LogP contribution in [0, 0.1) is 0 Å². The molecule has 0 fully saturated rings. The number of carbonyl (C=O) groups is 1. The van der Waals surface area contributed by atoms with Crippen LogP contribution >= 0.6 is 11.3 Å². The molecule has 1 N–H and O–H groups in total. The third-order valence-corrected chi connectivity index (χ3v) is 4.32. The van der Waals surface area contributed by atoms with Gasteiger partial charge < -0.3 is 9.73 Å². The molecule has 0 atom stereocenters. The summed E-state index contributed by atoms with van der Waals surface area (Å²) in [5.41, 5.74) is 2.35. The molecule has 0 spiro atoms. The topological polar surface area (TPSA) is 42.2 Å². The lowest BCUT2D eigenvalue weighted by atomic mass is 10.1. The van der Waals surface area contributed by atoms with Crippen LogP contribution in [0.2, 0.25) is 0 Å². The van der Waals surface area contributed by atoms with E-state index in [-0.39, 0.29) is 5.91 Å². The SMILES string of the molecule is O=C(CCCc1ccccc1)NCc1ccc(-c2ccsc2)o1. The molecule has 0 aliphatic heterocycles. The minimum atomic E-state index is 0.0643. The molecule has 3 nitrogen and oxygen atoms in total. The Kier molecular flexibility index (Phi) is 5.27. The molecule has 3 aromatic rings. The van der Waals surface area contributed by atoms with Gasteiger partial charge in [0.05, 0.1) is 6.54 Å². The van der Waals surface area contributed by atoms with Crippen LogP contribution < -0.4 is 5.32 Å². The van der Waals surface area contributed by atoms with Crippen molar-refractivity contribution in [2.75, 3.05) is 0 Å². The molecule has 0 aliphatic carbocycles. The van der Waals surface area contributed by atoms with Crippen molar-refractivity contribution in [1.29, 1.82) is 0 Å². The average molecular weight is 325 g/mol. The van der Waals surface area contributed by atoms with Crippen molar-refractivity contribution in [2.24, 2.45) is 0 Å². The van der Waals surface area contributed by atoms with Crippen molar-refractivity contribution in [3.8, 4) is 11.3 Å². The Balaban J connectivity index is 1.41. The van der Waals surface area contributed by atoms with Gasteiger partial charge in [-0.2, -0.15) is 11.3 Å². The van der Waals surface area contributed by atoms with Crippen LogP contribution in [0.3, 0.4) is 0 Å². The van der Waals surface area contributed by atoms with E-state index in [1.165, 1.54) is 5.56 Å². The molecule has 0 bridgehead atoms. The molecule has 1 aromatic carbocycles. The predicted octanol–water partition coefficient (Wildman–Crippen LogP) is 4.65. The van der Waals surface area contributed by atoms with Gasteiger partial charge in [-0.1, -0.05) is 30.3 Å². The number of hydrogen-bond donors (Lipinski definition) is 1. The van der Waals surface area contributed by atoms with E-state index in [1.54, 1.807) is 11.3 Å². The third kappa shape index (κ3) is 4.57. The highest BCUT2D eigenvalue weighted by Crippen LogP contribution is 2.24. The van der Waals surface area contributed by atoms with Crippen LogP contribution in [-0.2, 0) is 17.8 Å². The molecule has 4 heteroatoms. The van der Waals surface area contributed by atoms with Gasteiger partial charge >= 0.3 is 0 Å². The minimum absolute atomic E-state index is 0.0643. The fourth-order valence-electron chi connectivity index (χ4n) is 2.40. The van der Waals surface area contributed by atoms with E-state index in [0.29, 0.717) is 13.0 Å². The molecule has 2 heterocycles. The first-order chi connectivity index (χ1) is 11.3. The number of hydrogen-bond acceptors (Lipinski definition) is 3. The summed E-state index contributed by atoms with van der Waals surface area (Å²) < 4.78 is 5.74. The number of amides is 1. The molecule has 0 radical (unpaired) electrons. The fourth-order valence-corrected chi connectivity index (χ4v) is 3.05. The highest BCUT2D eigenvalue weighted by molar-refractivity contribution is 7.08. The number of nitrogens with one attached hydrogen (secondary N) is 1. The maximum Gasteiger partial charge on any atom is 0.220 e. The Morgan fingerprint density at radius 3 is 2.74 bits per heavy atom. The van der Waals surface area contributed by atoms with Gasteiger partial charge in [-0.15, -0.1) is 0 Å². The molecule has 118 valence electrons. The number of benzene rings is 1. The maximum atomic E-state index is 11.9. The summed E-state index contributed by atoms with van der Waals surface area (Å²) in [6.07, 6.45) is 2.32. The lowest BCUT2D eigenvalue weighted by molar-refractivity contribution is -0.121. The van der Waals surface area contributed by atoms with E-state index in [4.69, 9.17) is 4.42 Å². The van der Waals surface area contributed by atoms with E-state index in [0.717, 1.165) is 29.9 Å². The predicted molar refractivity (Wildman–Crippen MR) is 93.2 cm³/mol. The van der Waals surface area contributed by atoms with E-state index in [2.05, 4.69) is 17.4 Å². The second kappa shape index (κ2) is 7.79. The van der Waals surface area contributed by atoms with Gasteiger partial charge in [0.25, 0.3) is 0 Å². The van der Waals surface area contributed by atoms with Gasteiger partial charge in [0.1, 0.15) is 11.5 Å². The van der Waals surface area contributed by atoms with Crippen molar-refractivity contribution < 1.29 is 9.21 Å². The van der Waals surface area contributed by atoms with Crippen LogP contribution in [-0.4, -0.2) is 5.91 Å². The summed E-state index contributed by atoms with van der Waals surface area (Å²) in [5, 5.41) is 6.98. The molecule has 2 aromatic heterocycles. The Bertz CT molecular complexity index is 732. The quantitative estimate of drug-likeness (QED) is 0.687. The zero-order valence-corrected chi connectivity index (χ0v) is 13.6. The van der Waals surface area contributed by atoms with Crippen molar-refractivity contribution >= 4 is 17.2 Å². The Morgan fingerprint density at radius 2 is 1.96 bits per heavy atom. The van der Waals surface area contributed by atoms with Crippen molar-refractivity contribution in [1.82, 2.24) is 5.32 Å². The van der Waals surface area contributed by atoms with Crippen LogP contribution in [0.25, 0.3) is 11.3 Å². The highest BCUT2D eigenvalue weighted by Gasteiger charge is 2.07. The molecule has 0 saturated heterocycles. The molecule has 1 amide bonds. The minimum Gasteiger partial charge on any atom is -0.459 e. The standard InChI is InChI=1S/C19H19NO2S/c21-19(8-4-7-15-5-2-1-3-6-15)20-13-17-9-10-18(22-17)16-11-12-23-14-16/h1-3,5-6,9-12,14H,4,7-8,13H2,(H,20,21). The number of thiophene rings is 1. The van der Waals surface area contributed by atoms with Gasteiger partial charge in [0, 0.05) is 17.4 Å². The van der Waals surface area contributed by atoms with E-state index < -0.39 is 0 Å². The molecule has 0 aliphatic rings. The smallest absolute Gasteiger partial charge is 0.220 e. The summed E-state index contributed by atoms with van der Waals surface area (Å²) in [6, 6.07) is 16.1. The van der Waals surface area contributed by atoms with Crippen LogP contribution in [0.5, 0.6) is 0 Å². The fraction of sp³-hybridized carbons (Fsp3) is 0.211. The highest BCUT2D eigenvalue weighted by atomic mass is 32.1. The van der Waals surface area contributed by atoms with Gasteiger partial charge in [0.15, 0.2) is 0 Å². The zero-order valence-electron chi connectivity index (χ0n) is 12.8. The molecule has 0 saturated carbocycles. The summed E-state index contributed by atoms with van der Waals surface area (Å²) >= 11 is 1.64. The monoisotopic (exact) mass is 325 g/mol. The van der Waals surface area contributed by atoms with Crippen LogP contribution in [0.1, 0.15) is 24.2 Å². The lowest BCUT2D eigenvalue weighted by Crippen LogP contribution is -2.22. The second-order valence-electron chi connectivity index (χ2n) is 5.39. The Labute approximate surface area is 140 Å². The lowest BCUT2D eigenvalue weighted by Gasteiger charge is -2.04. The van der Waals surface area contributed by atoms with Crippen LogP contribution in [0.15, 0.2) is 63.7 Å². The maximum absolute atomic E-state index is 11.9. The zero-order chi connectivity index (χ0) is 15.9. The number of rotatable bonds is 7. The van der Waals surface area contributed by atoms with Crippen molar-refractivity contribution in [3.05, 3.63) is 70.6 Å². The van der Waals surface area contributed by atoms with Crippen LogP contribution in [0.4, 0.5) is 0 Å². The van der Waals surface area contributed by atoms with E-state index >= 15 is 0 Å². The molecular formula is C19H19NO2S. The van der Waals surface area contributed by atoms with Gasteiger partial charge in [-0.05, 0) is 42.0 Å². The number of aryl methyl sites for hydroxylation is 1. The summed E-state index contributed by atoms with van der Waals surface area (Å²) in [7, 11) is 0. The summed E-state index contributed by atoms with van der Waals surface area (Å²) in [4.78, 5) is 11.9. The Morgan fingerprint density at radius 1 is 1.09 bits per heavy atom. The van der Waals surface area contributed by atoms with Gasteiger partial charge in [-0.3, -0.25) is 4.79 Å². The first-order valence-corrected chi connectivity index (χ1v) is 8.67. The van der Waals surface area contributed by atoms with Gasteiger partial charge in [0.2, 0.25) is 5.91 Å². The summed E-state index contributed by atoms with van der Waals surface area (Å²) in [6.45, 7) is 0.439. The Hall–Kier alpha value is -2.33. The normalized spacial score (nSPS) is 10.6. The first kappa shape index (κ1) is 15.6. The molecule has 23 heavy (non-hydrogen) atoms. The largest absolute Gasteiger partial charge is 0.459 e. The van der Waals surface area contributed by atoms with Crippen molar-refractivity contribution in [2.45, 2.75) is 25.8 Å². The summed E-state index contributed by atoms with van der Waals surface area (Å²) in [5.74, 6) is 1.69.